The number of benzene rings is 1. The third kappa shape index (κ3) is 3.88. The Morgan fingerprint density at radius 3 is 2.70 bits per heavy atom. The summed E-state index contributed by atoms with van der Waals surface area (Å²) in [4.78, 5) is 8.88. The van der Waals surface area contributed by atoms with Crippen molar-refractivity contribution in [1.29, 1.82) is 0 Å². The van der Waals surface area contributed by atoms with E-state index < -0.39 is 0 Å². The summed E-state index contributed by atoms with van der Waals surface area (Å²) in [6, 6.07) is 6.48. The van der Waals surface area contributed by atoms with Crippen LogP contribution in [0.25, 0.3) is 0 Å². The summed E-state index contributed by atoms with van der Waals surface area (Å²) in [6.45, 7) is 4.28. The zero-order valence-electron chi connectivity index (χ0n) is 11.5. The molecule has 0 atom stereocenters. The van der Waals surface area contributed by atoms with Crippen molar-refractivity contribution in [3.8, 4) is 0 Å². The number of halogens is 2. The van der Waals surface area contributed by atoms with Crippen molar-refractivity contribution in [3.05, 3.63) is 50.7 Å². The Morgan fingerprint density at radius 1 is 1.30 bits per heavy atom. The summed E-state index contributed by atoms with van der Waals surface area (Å²) >= 11 is 2.18. The van der Waals surface area contributed by atoms with Crippen LogP contribution < -0.4 is 5.73 Å². The van der Waals surface area contributed by atoms with Gasteiger partial charge in [-0.1, -0.05) is 26.0 Å². The van der Waals surface area contributed by atoms with E-state index in [0.717, 1.165) is 21.2 Å². The fourth-order valence-corrected chi connectivity index (χ4v) is 2.46. The van der Waals surface area contributed by atoms with Crippen molar-refractivity contribution in [2.45, 2.75) is 26.7 Å². The molecule has 2 N–H and O–H groups in total. The fourth-order valence-electron chi connectivity index (χ4n) is 2.00. The molecule has 0 amide bonds. The van der Waals surface area contributed by atoms with Gasteiger partial charge in [0.25, 0.3) is 0 Å². The number of nitrogen functional groups attached to an aromatic ring is 1. The van der Waals surface area contributed by atoms with E-state index in [4.69, 9.17) is 5.73 Å². The van der Waals surface area contributed by atoms with Crippen molar-refractivity contribution in [1.82, 2.24) is 9.97 Å². The predicted molar refractivity (Wildman–Crippen MR) is 86.9 cm³/mol. The molecule has 1 heterocycles. The Kier molecular flexibility index (Phi) is 4.91. The Labute approximate surface area is 132 Å². The first-order valence-electron chi connectivity index (χ1n) is 6.51. The van der Waals surface area contributed by atoms with Gasteiger partial charge in [-0.15, -0.1) is 0 Å². The molecule has 0 saturated carbocycles. The van der Waals surface area contributed by atoms with E-state index in [-0.39, 0.29) is 5.82 Å². The lowest BCUT2D eigenvalue weighted by atomic mass is 10.1. The van der Waals surface area contributed by atoms with E-state index in [2.05, 4.69) is 46.4 Å². The number of nitrogens with zero attached hydrogens (tertiary/aromatic N) is 2. The van der Waals surface area contributed by atoms with Gasteiger partial charge < -0.3 is 5.73 Å². The molecule has 1 aromatic carbocycles. The van der Waals surface area contributed by atoms with Gasteiger partial charge in [0, 0.05) is 6.42 Å². The van der Waals surface area contributed by atoms with Gasteiger partial charge >= 0.3 is 0 Å². The highest BCUT2D eigenvalue weighted by molar-refractivity contribution is 14.1. The third-order valence-electron chi connectivity index (χ3n) is 2.84. The monoisotopic (exact) mass is 385 g/mol. The second kappa shape index (κ2) is 6.47. The largest absolute Gasteiger partial charge is 0.383 e. The number of anilines is 1. The number of hydrogen-bond acceptors (Lipinski definition) is 3. The van der Waals surface area contributed by atoms with Crippen molar-refractivity contribution >= 4 is 28.4 Å². The van der Waals surface area contributed by atoms with Gasteiger partial charge in [-0.25, -0.2) is 14.4 Å². The minimum absolute atomic E-state index is 0.247. The summed E-state index contributed by atoms with van der Waals surface area (Å²) in [5.41, 5.74) is 7.77. The van der Waals surface area contributed by atoms with Crippen LogP contribution in [-0.2, 0) is 12.8 Å². The Hall–Kier alpha value is -1.24. The minimum Gasteiger partial charge on any atom is -0.383 e. The molecule has 0 spiro atoms. The maximum absolute atomic E-state index is 13.2. The zero-order chi connectivity index (χ0) is 14.7. The van der Waals surface area contributed by atoms with Crippen LogP contribution in [0.4, 0.5) is 10.2 Å². The predicted octanol–water partition coefficient (Wildman–Crippen LogP) is 3.59. The van der Waals surface area contributed by atoms with Crippen molar-refractivity contribution < 1.29 is 4.39 Å². The van der Waals surface area contributed by atoms with Crippen molar-refractivity contribution in [2.75, 3.05) is 5.73 Å². The lowest BCUT2D eigenvalue weighted by Crippen LogP contribution is -2.10. The van der Waals surface area contributed by atoms with E-state index in [1.165, 1.54) is 12.1 Å². The first kappa shape index (κ1) is 15.2. The summed E-state index contributed by atoms with van der Waals surface area (Å²) in [5, 5.41) is 0. The molecule has 0 aliphatic rings. The maximum atomic E-state index is 13.2. The highest BCUT2D eigenvalue weighted by Crippen LogP contribution is 2.20. The van der Waals surface area contributed by atoms with E-state index in [9.17, 15) is 4.39 Å². The van der Waals surface area contributed by atoms with E-state index in [1.54, 1.807) is 6.07 Å². The van der Waals surface area contributed by atoms with Gasteiger partial charge in [-0.3, -0.25) is 0 Å². The highest BCUT2D eigenvalue weighted by atomic mass is 127. The van der Waals surface area contributed by atoms with Crippen LogP contribution in [-0.4, -0.2) is 9.97 Å². The van der Waals surface area contributed by atoms with Crippen LogP contribution >= 0.6 is 22.6 Å². The van der Waals surface area contributed by atoms with Crippen LogP contribution in [0.2, 0.25) is 0 Å². The van der Waals surface area contributed by atoms with E-state index >= 15 is 0 Å². The lowest BCUT2D eigenvalue weighted by Gasteiger charge is -2.11. The molecule has 3 nitrogen and oxygen atoms in total. The molecule has 2 aromatic rings. The quantitative estimate of drug-likeness (QED) is 0.819. The van der Waals surface area contributed by atoms with Crippen LogP contribution in [0.3, 0.4) is 0 Å². The molecular formula is C15H17FIN3. The van der Waals surface area contributed by atoms with E-state index in [0.29, 0.717) is 24.0 Å². The van der Waals surface area contributed by atoms with Gasteiger partial charge in [0.2, 0.25) is 0 Å². The lowest BCUT2D eigenvalue weighted by molar-refractivity contribution is 0.624. The van der Waals surface area contributed by atoms with Crippen LogP contribution in [0.1, 0.15) is 30.9 Å². The molecule has 0 radical (unpaired) electrons. The average molecular weight is 385 g/mol. The Bertz CT molecular complexity index is 614. The zero-order valence-corrected chi connectivity index (χ0v) is 13.7. The Morgan fingerprint density at radius 2 is 2.05 bits per heavy atom. The fraction of sp³-hybridized carbons (Fsp3) is 0.333. The molecule has 5 heteroatoms. The number of rotatable bonds is 4. The first-order valence-corrected chi connectivity index (χ1v) is 7.58. The molecule has 0 unspecified atom stereocenters. The maximum Gasteiger partial charge on any atom is 0.140 e. The van der Waals surface area contributed by atoms with Gasteiger partial charge in [-0.2, -0.15) is 0 Å². The molecule has 1 aromatic heterocycles. The van der Waals surface area contributed by atoms with Gasteiger partial charge in [-0.05, 0) is 52.6 Å². The van der Waals surface area contributed by atoms with Crippen molar-refractivity contribution in [3.63, 3.8) is 0 Å². The van der Waals surface area contributed by atoms with Gasteiger partial charge in [0.05, 0.1) is 9.26 Å². The second-order valence-corrected chi connectivity index (χ2v) is 6.27. The van der Waals surface area contributed by atoms with Crippen LogP contribution in [0.5, 0.6) is 0 Å². The van der Waals surface area contributed by atoms with Gasteiger partial charge in [0.15, 0.2) is 0 Å². The molecule has 0 aliphatic heterocycles. The summed E-state index contributed by atoms with van der Waals surface area (Å²) in [6.07, 6.45) is 1.35. The van der Waals surface area contributed by atoms with Crippen LogP contribution in [0.15, 0.2) is 24.3 Å². The summed E-state index contributed by atoms with van der Waals surface area (Å²) in [5.74, 6) is 1.40. The molecular weight excluding hydrogens is 368 g/mol. The molecule has 0 fully saturated rings. The van der Waals surface area contributed by atoms with Gasteiger partial charge in [0.1, 0.15) is 17.5 Å². The molecule has 2 rings (SSSR count). The second-order valence-electron chi connectivity index (χ2n) is 5.19. The normalized spacial score (nSPS) is 11.1. The molecule has 20 heavy (non-hydrogen) atoms. The number of hydrogen-bond donors (Lipinski definition) is 1. The topological polar surface area (TPSA) is 51.8 Å². The standard InChI is InChI=1S/C15H17FIN3/c1-9(2)6-12-14(17)15(18)20-13(19-12)8-10-4-3-5-11(16)7-10/h3-5,7,9H,6,8H2,1-2H3,(H2,18,19,20). The SMILES string of the molecule is CC(C)Cc1nc(Cc2cccc(F)c2)nc(N)c1I. The first-order chi connectivity index (χ1) is 9.45. The third-order valence-corrected chi connectivity index (χ3v) is 4.02. The molecule has 106 valence electrons. The summed E-state index contributed by atoms with van der Waals surface area (Å²) < 4.78 is 14.1. The van der Waals surface area contributed by atoms with Crippen molar-refractivity contribution in [2.24, 2.45) is 5.92 Å². The Balaban J connectivity index is 2.30. The van der Waals surface area contributed by atoms with E-state index in [1.807, 2.05) is 6.07 Å². The minimum atomic E-state index is -0.247. The number of aromatic nitrogens is 2. The summed E-state index contributed by atoms with van der Waals surface area (Å²) in [7, 11) is 0. The molecule has 0 aliphatic carbocycles. The molecule has 0 saturated heterocycles. The average Bonchev–Trinajstić information content (AvgIpc) is 2.35. The highest BCUT2D eigenvalue weighted by Gasteiger charge is 2.12. The van der Waals surface area contributed by atoms with Crippen LogP contribution in [0, 0.1) is 15.3 Å². The number of nitrogens with two attached hydrogens (primary N) is 1. The molecule has 0 bridgehead atoms. The smallest absolute Gasteiger partial charge is 0.140 e.